The van der Waals surface area contributed by atoms with Gasteiger partial charge in [-0.05, 0) is 0 Å². The van der Waals surface area contributed by atoms with Crippen LogP contribution in [0, 0.1) is 0 Å². The fourth-order valence-corrected chi connectivity index (χ4v) is 18.0. The molecule has 2 N–H and O–H groups in total. The van der Waals surface area contributed by atoms with Gasteiger partial charge in [0.05, 0.1) is 0 Å². The third kappa shape index (κ3) is 8.91. The van der Waals surface area contributed by atoms with Gasteiger partial charge in [0.1, 0.15) is 0 Å². The minimum atomic E-state index is -2.27. The van der Waals surface area contributed by atoms with E-state index in [9.17, 15) is 0 Å². The number of hydrogen-bond donors (Lipinski definition) is 1. The number of hydrogen-bond acceptors (Lipinski definition) is 4. The standard InChI is InChI=1S/C8H16NO3.3C4H9.Sn/c1-8(2)11-4-6(9)7(10-3)5-12-8;3*1-3-4-2;/h6-7H,3-5,9H2,1-2H3;3*1,3-4H2,2H3;/t6-,7-;;;;/m1..../s1. The van der Waals surface area contributed by atoms with Gasteiger partial charge in [-0.2, -0.15) is 0 Å². The quantitative estimate of drug-likeness (QED) is 0.419. The molecule has 1 rings (SSSR count). The Labute approximate surface area is 160 Å². The van der Waals surface area contributed by atoms with Gasteiger partial charge in [-0.15, -0.1) is 0 Å². The fourth-order valence-electron chi connectivity index (χ4n) is 3.55. The van der Waals surface area contributed by atoms with E-state index in [0.29, 0.717) is 13.2 Å². The molecule has 0 amide bonds. The second-order valence-electron chi connectivity index (χ2n) is 8.35. The van der Waals surface area contributed by atoms with Gasteiger partial charge in [0, 0.05) is 0 Å². The molecular weight excluding hydrogens is 421 g/mol. The fraction of sp³-hybridized carbons (Fsp3) is 1.00. The van der Waals surface area contributed by atoms with E-state index in [4.69, 9.17) is 19.9 Å². The molecule has 1 aliphatic heterocycles. The molecule has 0 aromatic carbocycles. The topological polar surface area (TPSA) is 53.7 Å². The number of unbranched alkanes of at least 4 members (excludes halogenated alkanes) is 3. The van der Waals surface area contributed by atoms with Crippen molar-refractivity contribution in [2.75, 3.05) is 17.8 Å². The van der Waals surface area contributed by atoms with Crippen molar-refractivity contribution in [2.45, 2.75) is 104 Å². The summed E-state index contributed by atoms with van der Waals surface area (Å²) in [5.41, 5.74) is 6.32. The molecule has 0 radical (unpaired) electrons. The van der Waals surface area contributed by atoms with Crippen LogP contribution in [0.3, 0.4) is 0 Å². The molecule has 1 aliphatic rings. The minimum absolute atomic E-state index is 0.0253. The summed E-state index contributed by atoms with van der Waals surface area (Å²) in [6.07, 6.45) is 7.98. The molecule has 0 bridgehead atoms. The molecule has 0 spiro atoms. The van der Waals surface area contributed by atoms with Crippen LogP contribution in [0.1, 0.15) is 73.1 Å². The van der Waals surface area contributed by atoms with E-state index in [1.807, 2.05) is 13.8 Å². The summed E-state index contributed by atoms with van der Waals surface area (Å²) >= 11 is -2.27. The summed E-state index contributed by atoms with van der Waals surface area (Å²) in [6, 6.07) is -0.0886. The van der Waals surface area contributed by atoms with E-state index in [0.717, 1.165) is 4.62 Å². The molecule has 2 atom stereocenters. The number of ether oxygens (including phenoxy) is 3. The first-order valence-corrected chi connectivity index (χ1v) is 18.6. The monoisotopic (exact) mass is 465 g/mol. The predicted octanol–water partition coefficient (Wildman–Crippen LogP) is 4.87. The van der Waals surface area contributed by atoms with Crippen molar-refractivity contribution in [3.05, 3.63) is 0 Å². The molecule has 0 aliphatic carbocycles. The summed E-state index contributed by atoms with van der Waals surface area (Å²) in [5.74, 6) is -0.553. The van der Waals surface area contributed by atoms with Crippen molar-refractivity contribution in [2.24, 2.45) is 5.73 Å². The van der Waals surface area contributed by atoms with Gasteiger partial charge in [-0.25, -0.2) is 0 Å². The van der Waals surface area contributed by atoms with Crippen LogP contribution in [0.5, 0.6) is 0 Å². The Morgan fingerprint density at radius 3 is 1.88 bits per heavy atom. The third-order valence-electron chi connectivity index (χ3n) is 5.48. The average molecular weight is 464 g/mol. The van der Waals surface area contributed by atoms with Gasteiger partial charge in [-0.3, -0.25) is 0 Å². The molecule has 0 aromatic heterocycles. The maximum absolute atomic E-state index is 6.49. The Morgan fingerprint density at radius 1 is 0.920 bits per heavy atom. The van der Waals surface area contributed by atoms with Crippen LogP contribution < -0.4 is 5.73 Å². The molecule has 0 aromatic rings. The Morgan fingerprint density at radius 2 is 1.40 bits per heavy atom. The maximum atomic E-state index is 6.49. The van der Waals surface area contributed by atoms with Crippen LogP contribution in [0.2, 0.25) is 13.3 Å². The molecule has 1 fully saturated rings. The van der Waals surface area contributed by atoms with Crippen molar-refractivity contribution < 1.29 is 14.2 Å². The molecule has 25 heavy (non-hydrogen) atoms. The van der Waals surface area contributed by atoms with E-state index in [2.05, 4.69) is 20.8 Å². The van der Waals surface area contributed by atoms with Gasteiger partial charge in [0.2, 0.25) is 0 Å². The van der Waals surface area contributed by atoms with Crippen molar-refractivity contribution in [1.82, 2.24) is 0 Å². The Balaban J connectivity index is 2.73. The second kappa shape index (κ2) is 12.2. The summed E-state index contributed by atoms with van der Waals surface area (Å²) < 4.78 is 23.5. The zero-order valence-corrected chi connectivity index (χ0v) is 20.3. The molecule has 1 heterocycles. The predicted molar refractivity (Wildman–Crippen MR) is 109 cm³/mol. The summed E-state index contributed by atoms with van der Waals surface area (Å²) in [6.45, 7) is 11.9. The molecule has 1 saturated heterocycles. The summed E-state index contributed by atoms with van der Waals surface area (Å²) in [7, 11) is 0. The van der Waals surface area contributed by atoms with E-state index < -0.39 is 24.2 Å². The first-order chi connectivity index (χ1) is 11.9. The zero-order chi connectivity index (χ0) is 18.8. The van der Waals surface area contributed by atoms with E-state index in [1.165, 1.54) is 51.8 Å². The summed E-state index contributed by atoms with van der Waals surface area (Å²) in [5, 5.41) is 0. The first-order valence-electron chi connectivity index (χ1n) is 10.5. The van der Waals surface area contributed by atoms with Gasteiger partial charge in [-0.1, -0.05) is 0 Å². The zero-order valence-electron chi connectivity index (χ0n) is 17.4. The van der Waals surface area contributed by atoms with E-state index in [1.54, 1.807) is 0 Å². The molecule has 0 unspecified atom stereocenters. The molecular formula is C20H43NO3Sn. The first kappa shape index (κ1) is 23.7. The van der Waals surface area contributed by atoms with Crippen LogP contribution >= 0.6 is 0 Å². The summed E-state index contributed by atoms with van der Waals surface area (Å²) in [4.78, 5) is 0. The van der Waals surface area contributed by atoms with Crippen molar-refractivity contribution in [3.63, 3.8) is 0 Å². The Hall–Kier alpha value is 0.639. The van der Waals surface area contributed by atoms with Gasteiger partial charge in [0.15, 0.2) is 0 Å². The normalized spacial score (nSPS) is 24.2. The van der Waals surface area contributed by atoms with Gasteiger partial charge >= 0.3 is 161 Å². The van der Waals surface area contributed by atoms with E-state index in [-0.39, 0.29) is 12.1 Å². The van der Waals surface area contributed by atoms with Crippen molar-refractivity contribution >= 4 is 18.4 Å². The molecule has 5 heteroatoms. The van der Waals surface area contributed by atoms with Crippen LogP contribution in [-0.2, 0) is 14.2 Å². The van der Waals surface area contributed by atoms with Crippen molar-refractivity contribution in [1.29, 1.82) is 0 Å². The van der Waals surface area contributed by atoms with Crippen molar-refractivity contribution in [3.8, 4) is 0 Å². The average Bonchev–Trinajstić information content (AvgIpc) is 2.72. The Kier molecular flexibility index (Phi) is 11.5. The number of nitrogens with two attached hydrogens (primary N) is 1. The van der Waals surface area contributed by atoms with Gasteiger partial charge < -0.3 is 0 Å². The van der Waals surface area contributed by atoms with Crippen LogP contribution in [0.25, 0.3) is 0 Å². The number of rotatable bonds is 12. The SMILES string of the molecule is CCC[CH2][Sn]([CH2]CCC)([CH2]CCC)[CH2]O[C@@H]1COC(C)(C)OC[C@H]1N. The second-order valence-corrected chi connectivity index (χ2v) is 22.0. The molecule has 0 saturated carbocycles. The van der Waals surface area contributed by atoms with Crippen LogP contribution in [0.4, 0.5) is 0 Å². The Bertz CT molecular complexity index is 330. The van der Waals surface area contributed by atoms with E-state index >= 15 is 0 Å². The third-order valence-corrected chi connectivity index (χ3v) is 19.8. The van der Waals surface area contributed by atoms with Crippen LogP contribution in [0.15, 0.2) is 0 Å². The van der Waals surface area contributed by atoms with Gasteiger partial charge in [0.25, 0.3) is 0 Å². The molecule has 4 nitrogen and oxygen atoms in total. The van der Waals surface area contributed by atoms with Crippen LogP contribution in [-0.4, -0.2) is 54.1 Å². The molecule has 150 valence electrons.